The highest BCUT2D eigenvalue weighted by atomic mass is 32.3. The summed E-state index contributed by atoms with van der Waals surface area (Å²) in [6.07, 6.45) is 9.21. The minimum absolute atomic E-state index is 0.0526. The molecule has 3 nitrogen and oxygen atoms in total. The summed E-state index contributed by atoms with van der Waals surface area (Å²) < 4.78 is 20.1. The van der Waals surface area contributed by atoms with E-state index in [1.807, 2.05) is 0 Å². The van der Waals surface area contributed by atoms with Crippen molar-refractivity contribution in [3.05, 3.63) is 35.2 Å². The number of rotatable bonds is 7. The summed E-state index contributed by atoms with van der Waals surface area (Å²) in [6.45, 7) is 6.34. The number of halogens is 1. The van der Waals surface area contributed by atoms with Crippen molar-refractivity contribution in [3.8, 4) is 0 Å². The van der Waals surface area contributed by atoms with Gasteiger partial charge >= 0.3 is 0 Å². The Morgan fingerprint density at radius 2 is 2.08 bits per heavy atom. The first-order valence-electron chi connectivity index (χ1n) is 9.23. The van der Waals surface area contributed by atoms with Crippen molar-refractivity contribution in [2.45, 2.75) is 52.6 Å². The number of benzene rings is 1. The Morgan fingerprint density at radius 1 is 1.38 bits per heavy atom. The number of unbranched alkanes of at least 4 members (excludes halogenated alkanes) is 1. The number of aldehydes is 1. The van der Waals surface area contributed by atoms with E-state index in [1.54, 1.807) is 12.1 Å². The Hall–Kier alpha value is -1.33. The highest BCUT2D eigenvalue weighted by molar-refractivity contribution is 8.28. The SMILES string of the molecule is CCCCS(C)(C)OC1CC(c2ccc(F)c(N)c2)=C(C=O)C(C)(C)C1. The van der Waals surface area contributed by atoms with Gasteiger partial charge in [-0.25, -0.2) is 4.39 Å². The average molecular weight is 382 g/mol. The largest absolute Gasteiger partial charge is 0.396 e. The number of carbonyl (C=O) groups excluding carboxylic acids is 1. The first-order chi connectivity index (χ1) is 12.1. The topological polar surface area (TPSA) is 52.3 Å². The first kappa shape index (κ1) is 21.0. The third kappa shape index (κ3) is 4.89. The molecule has 0 bridgehead atoms. The Morgan fingerprint density at radius 3 is 2.65 bits per heavy atom. The normalized spacial score (nSPS) is 20.9. The first-order valence-corrected chi connectivity index (χ1v) is 11.8. The predicted octanol–water partition coefficient (Wildman–Crippen LogP) is 5.34. The fourth-order valence-corrected chi connectivity index (χ4v) is 5.66. The lowest BCUT2D eigenvalue weighted by molar-refractivity contribution is -0.105. The molecule has 2 rings (SSSR count). The zero-order chi connectivity index (χ0) is 19.5. The molecule has 0 heterocycles. The van der Waals surface area contributed by atoms with Crippen molar-refractivity contribution in [1.29, 1.82) is 0 Å². The third-order valence-electron chi connectivity index (χ3n) is 5.07. The second-order valence-corrected chi connectivity index (χ2v) is 11.7. The van der Waals surface area contributed by atoms with Gasteiger partial charge in [-0.05, 0) is 59.8 Å². The van der Waals surface area contributed by atoms with Gasteiger partial charge in [-0.15, -0.1) is 10.3 Å². The van der Waals surface area contributed by atoms with Crippen LogP contribution in [0.4, 0.5) is 10.1 Å². The van der Waals surface area contributed by atoms with Crippen LogP contribution in [0.25, 0.3) is 5.57 Å². The molecule has 1 aliphatic rings. The maximum absolute atomic E-state index is 13.6. The van der Waals surface area contributed by atoms with Crippen LogP contribution in [0, 0.1) is 11.2 Å². The van der Waals surface area contributed by atoms with Gasteiger partial charge in [0.15, 0.2) is 0 Å². The average Bonchev–Trinajstić information content (AvgIpc) is 2.53. The Kier molecular flexibility index (Phi) is 6.56. The van der Waals surface area contributed by atoms with Crippen molar-refractivity contribution < 1.29 is 13.4 Å². The van der Waals surface area contributed by atoms with E-state index in [0.717, 1.165) is 48.0 Å². The van der Waals surface area contributed by atoms with Crippen LogP contribution >= 0.6 is 10.3 Å². The van der Waals surface area contributed by atoms with Crippen LogP contribution in [-0.2, 0) is 8.98 Å². The highest BCUT2D eigenvalue weighted by Crippen LogP contribution is 2.50. The van der Waals surface area contributed by atoms with E-state index < -0.39 is 16.1 Å². The molecule has 2 N–H and O–H groups in total. The van der Waals surface area contributed by atoms with Crippen LogP contribution in [0.5, 0.6) is 0 Å². The van der Waals surface area contributed by atoms with Crippen molar-refractivity contribution in [2.75, 3.05) is 24.0 Å². The molecule has 0 saturated heterocycles. The van der Waals surface area contributed by atoms with Crippen LogP contribution < -0.4 is 5.73 Å². The zero-order valence-electron chi connectivity index (χ0n) is 16.6. The summed E-state index contributed by atoms with van der Waals surface area (Å²) in [6, 6.07) is 4.70. The van der Waals surface area contributed by atoms with Gasteiger partial charge in [0.05, 0.1) is 11.8 Å². The number of hydrogen-bond acceptors (Lipinski definition) is 3. The van der Waals surface area contributed by atoms with Crippen LogP contribution in [0.15, 0.2) is 23.8 Å². The molecule has 1 aromatic carbocycles. The van der Waals surface area contributed by atoms with Crippen LogP contribution in [0.3, 0.4) is 0 Å². The monoisotopic (exact) mass is 381 g/mol. The van der Waals surface area contributed by atoms with E-state index in [4.69, 9.17) is 9.92 Å². The maximum Gasteiger partial charge on any atom is 0.146 e. The summed E-state index contributed by atoms with van der Waals surface area (Å²) in [5.74, 6) is 0.652. The van der Waals surface area contributed by atoms with Gasteiger partial charge in [-0.3, -0.25) is 4.79 Å². The molecule has 1 aliphatic carbocycles. The number of nitrogens with two attached hydrogens (primary N) is 1. The summed E-state index contributed by atoms with van der Waals surface area (Å²) in [4.78, 5) is 11.8. The maximum atomic E-state index is 13.6. The molecule has 1 atom stereocenters. The van der Waals surface area contributed by atoms with E-state index in [1.165, 1.54) is 6.07 Å². The van der Waals surface area contributed by atoms with Crippen LogP contribution in [-0.4, -0.2) is 30.7 Å². The molecule has 0 radical (unpaired) electrons. The molecule has 0 amide bonds. The number of carbonyl (C=O) groups is 1. The molecule has 1 unspecified atom stereocenters. The number of hydrogen-bond donors (Lipinski definition) is 1. The number of nitrogen functional groups attached to an aromatic ring is 1. The van der Waals surface area contributed by atoms with Crippen molar-refractivity contribution >= 4 is 27.9 Å². The van der Waals surface area contributed by atoms with Gasteiger partial charge in [0.2, 0.25) is 0 Å². The predicted molar refractivity (Wildman–Crippen MR) is 111 cm³/mol. The second-order valence-electron chi connectivity index (χ2n) is 8.25. The Labute approximate surface area is 158 Å². The zero-order valence-corrected chi connectivity index (χ0v) is 17.4. The summed E-state index contributed by atoms with van der Waals surface area (Å²) in [5, 5.41) is 0. The minimum atomic E-state index is -1.13. The number of allylic oxidation sites excluding steroid dienone is 1. The van der Waals surface area contributed by atoms with Crippen LogP contribution in [0.2, 0.25) is 0 Å². The summed E-state index contributed by atoms with van der Waals surface area (Å²) in [7, 11) is -1.13. The van der Waals surface area contributed by atoms with Crippen LogP contribution in [0.1, 0.15) is 52.0 Å². The summed E-state index contributed by atoms with van der Waals surface area (Å²) in [5.41, 5.74) is 8.09. The van der Waals surface area contributed by atoms with Gasteiger partial charge in [0.1, 0.15) is 12.1 Å². The lowest BCUT2D eigenvalue weighted by Gasteiger charge is -2.42. The van der Waals surface area contributed by atoms with Gasteiger partial charge in [-0.1, -0.05) is 33.3 Å². The second kappa shape index (κ2) is 8.13. The quantitative estimate of drug-likeness (QED) is 0.512. The van der Waals surface area contributed by atoms with E-state index in [-0.39, 0.29) is 17.2 Å². The van der Waals surface area contributed by atoms with Crippen molar-refractivity contribution in [3.63, 3.8) is 0 Å². The molecule has 0 aromatic heterocycles. The van der Waals surface area contributed by atoms with Crippen molar-refractivity contribution in [1.82, 2.24) is 0 Å². The Bertz CT molecular complexity index is 697. The molecule has 0 fully saturated rings. The third-order valence-corrected chi connectivity index (χ3v) is 7.14. The van der Waals surface area contributed by atoms with Gasteiger partial charge in [0, 0.05) is 12.0 Å². The summed E-state index contributed by atoms with van der Waals surface area (Å²) >= 11 is 0. The molecule has 1 aromatic rings. The molecular formula is C21H32FNO2S. The Balaban J connectivity index is 2.36. The molecule has 0 spiro atoms. The molecule has 0 saturated carbocycles. The van der Waals surface area contributed by atoms with E-state index >= 15 is 0 Å². The molecular weight excluding hydrogens is 349 g/mol. The highest BCUT2D eigenvalue weighted by Gasteiger charge is 2.37. The molecule has 26 heavy (non-hydrogen) atoms. The van der Waals surface area contributed by atoms with Gasteiger partial charge in [0.25, 0.3) is 0 Å². The fourth-order valence-electron chi connectivity index (χ4n) is 3.71. The van der Waals surface area contributed by atoms with E-state index in [0.29, 0.717) is 6.42 Å². The molecule has 5 heteroatoms. The van der Waals surface area contributed by atoms with Gasteiger partial charge in [-0.2, -0.15) is 0 Å². The lowest BCUT2D eigenvalue weighted by Crippen LogP contribution is -2.32. The number of anilines is 1. The minimum Gasteiger partial charge on any atom is -0.396 e. The fraction of sp³-hybridized carbons (Fsp3) is 0.571. The smallest absolute Gasteiger partial charge is 0.146 e. The molecule has 0 aliphatic heterocycles. The van der Waals surface area contributed by atoms with E-state index in [2.05, 4.69) is 33.3 Å². The standard InChI is InChI=1S/C21H32FNO2S/c1-6-7-10-26(4,5)25-16-12-17(18(14-24)21(2,3)13-16)15-8-9-19(22)20(23)11-15/h8-9,11,14,16H,6-7,10,12-13,23H2,1-5H3. The van der Waals surface area contributed by atoms with Crippen molar-refractivity contribution in [2.24, 2.45) is 5.41 Å². The lowest BCUT2D eigenvalue weighted by atomic mass is 9.70. The van der Waals surface area contributed by atoms with Gasteiger partial charge < -0.3 is 9.92 Å². The van der Waals surface area contributed by atoms with E-state index in [9.17, 15) is 9.18 Å². The molecule has 146 valence electrons.